The first-order chi connectivity index (χ1) is 10.1. The van der Waals surface area contributed by atoms with Crippen molar-refractivity contribution < 1.29 is 19.2 Å². The number of benzene rings is 1. The number of imide groups is 1. The molecular weight excluding hydrogens is 290 g/mol. The molecule has 0 saturated carbocycles. The van der Waals surface area contributed by atoms with Crippen LogP contribution in [0.3, 0.4) is 0 Å². The summed E-state index contributed by atoms with van der Waals surface area (Å²) in [6.45, 7) is 6.02. The van der Waals surface area contributed by atoms with Crippen LogP contribution < -0.4 is 4.90 Å². The second-order valence-corrected chi connectivity index (χ2v) is 5.41. The molecule has 0 fully saturated rings. The van der Waals surface area contributed by atoms with Crippen LogP contribution in [0.25, 0.3) is 0 Å². The van der Waals surface area contributed by atoms with Crippen LogP contribution in [0.1, 0.15) is 33.3 Å². The molecule has 8 heteroatoms. The van der Waals surface area contributed by atoms with Gasteiger partial charge in [-0.1, -0.05) is 0 Å². The van der Waals surface area contributed by atoms with Crippen LogP contribution >= 0.6 is 0 Å². The van der Waals surface area contributed by atoms with E-state index >= 15 is 0 Å². The van der Waals surface area contributed by atoms with Crippen molar-refractivity contribution >= 4 is 23.4 Å². The first-order valence-electron chi connectivity index (χ1n) is 6.29. The highest BCUT2D eigenvalue weighted by molar-refractivity contribution is 6.11. The zero-order chi connectivity index (χ0) is 17.1. The zero-order valence-corrected chi connectivity index (χ0v) is 12.6. The van der Waals surface area contributed by atoms with Gasteiger partial charge in [0.05, 0.1) is 10.6 Å². The standard InChI is InChI=1S/C14H15N3O5/c1-9(18)16(13(19)22-14(2,3)4)11-6-5-10(8-15)12(7-11)17(20)21/h5-7H,1-4H3. The molecule has 0 radical (unpaired) electrons. The number of nitro groups is 1. The molecule has 0 N–H and O–H groups in total. The summed E-state index contributed by atoms with van der Waals surface area (Å²) >= 11 is 0. The van der Waals surface area contributed by atoms with Crippen molar-refractivity contribution in [1.29, 1.82) is 5.26 Å². The monoisotopic (exact) mass is 305 g/mol. The first-order valence-corrected chi connectivity index (χ1v) is 6.29. The zero-order valence-electron chi connectivity index (χ0n) is 12.6. The van der Waals surface area contributed by atoms with E-state index in [1.807, 2.05) is 0 Å². The number of rotatable bonds is 2. The van der Waals surface area contributed by atoms with Crippen LogP contribution in [0.15, 0.2) is 18.2 Å². The molecule has 0 saturated heterocycles. The van der Waals surface area contributed by atoms with E-state index < -0.39 is 28.2 Å². The van der Waals surface area contributed by atoms with Crippen molar-refractivity contribution in [3.63, 3.8) is 0 Å². The maximum Gasteiger partial charge on any atom is 0.421 e. The van der Waals surface area contributed by atoms with Crippen LogP contribution in [0.5, 0.6) is 0 Å². The van der Waals surface area contributed by atoms with Crippen LogP contribution in [0, 0.1) is 21.4 Å². The Hall–Kier alpha value is -2.95. The van der Waals surface area contributed by atoms with Gasteiger partial charge >= 0.3 is 6.09 Å². The quantitative estimate of drug-likeness (QED) is 0.613. The second kappa shape index (κ2) is 6.22. The second-order valence-electron chi connectivity index (χ2n) is 5.41. The molecule has 2 amide bonds. The fraction of sp³-hybridized carbons (Fsp3) is 0.357. The van der Waals surface area contributed by atoms with Crippen molar-refractivity contribution in [1.82, 2.24) is 0 Å². The van der Waals surface area contributed by atoms with Gasteiger partial charge in [-0.2, -0.15) is 5.26 Å². The van der Waals surface area contributed by atoms with E-state index in [-0.39, 0.29) is 11.3 Å². The summed E-state index contributed by atoms with van der Waals surface area (Å²) in [6.07, 6.45) is -0.945. The van der Waals surface area contributed by atoms with Crippen LogP contribution in [0.2, 0.25) is 0 Å². The molecule has 0 aliphatic carbocycles. The SMILES string of the molecule is CC(=O)N(C(=O)OC(C)(C)C)c1ccc(C#N)c([N+](=O)[O-])c1. The van der Waals surface area contributed by atoms with Gasteiger partial charge in [-0.25, -0.2) is 9.69 Å². The Kier molecular flexibility index (Phi) is 4.83. The topological polar surface area (TPSA) is 114 Å². The maximum absolute atomic E-state index is 12.1. The third-order valence-corrected chi connectivity index (χ3v) is 2.45. The Balaban J connectivity index is 3.32. The van der Waals surface area contributed by atoms with Gasteiger partial charge in [-0.15, -0.1) is 0 Å². The number of carbonyl (C=O) groups is 2. The lowest BCUT2D eigenvalue weighted by molar-refractivity contribution is -0.385. The van der Waals surface area contributed by atoms with Gasteiger partial charge in [-0.3, -0.25) is 14.9 Å². The predicted octanol–water partition coefficient (Wildman–Crippen LogP) is 2.75. The summed E-state index contributed by atoms with van der Waals surface area (Å²) in [5.74, 6) is -0.659. The number of anilines is 1. The molecule has 1 aromatic rings. The molecular formula is C14H15N3O5. The highest BCUT2D eigenvalue weighted by Gasteiger charge is 2.28. The minimum absolute atomic E-state index is 0.0348. The molecule has 116 valence electrons. The summed E-state index contributed by atoms with van der Waals surface area (Å²) in [7, 11) is 0. The van der Waals surface area contributed by atoms with E-state index in [9.17, 15) is 19.7 Å². The Labute approximate surface area is 127 Å². The van der Waals surface area contributed by atoms with E-state index in [1.54, 1.807) is 26.8 Å². The number of hydrogen-bond acceptors (Lipinski definition) is 6. The summed E-state index contributed by atoms with van der Waals surface area (Å²) in [5.41, 5.74) is -1.52. The van der Waals surface area contributed by atoms with E-state index in [4.69, 9.17) is 10.00 Å². The average Bonchev–Trinajstić information content (AvgIpc) is 2.35. The Morgan fingerprint density at radius 1 is 1.36 bits per heavy atom. The van der Waals surface area contributed by atoms with Gasteiger partial charge < -0.3 is 4.74 Å². The maximum atomic E-state index is 12.1. The van der Waals surface area contributed by atoms with Crippen LogP contribution in [0.4, 0.5) is 16.2 Å². The number of nitro benzene ring substituents is 1. The minimum atomic E-state index is -0.945. The molecule has 0 aliphatic heterocycles. The molecule has 0 bridgehead atoms. The largest absolute Gasteiger partial charge is 0.443 e. The van der Waals surface area contributed by atoms with Crippen molar-refractivity contribution in [2.75, 3.05) is 4.90 Å². The summed E-state index contributed by atoms with van der Waals surface area (Å²) in [6, 6.07) is 5.12. The molecule has 0 aliphatic rings. The van der Waals surface area contributed by atoms with Gasteiger partial charge in [0.2, 0.25) is 5.91 Å². The van der Waals surface area contributed by atoms with E-state index in [0.29, 0.717) is 4.90 Å². The highest BCUT2D eigenvalue weighted by atomic mass is 16.6. The van der Waals surface area contributed by atoms with E-state index in [0.717, 1.165) is 13.0 Å². The van der Waals surface area contributed by atoms with E-state index in [1.165, 1.54) is 12.1 Å². The Morgan fingerprint density at radius 3 is 2.36 bits per heavy atom. The molecule has 1 rings (SSSR count). The van der Waals surface area contributed by atoms with Crippen LogP contribution in [-0.4, -0.2) is 22.5 Å². The van der Waals surface area contributed by atoms with Gasteiger partial charge in [0.25, 0.3) is 5.69 Å². The minimum Gasteiger partial charge on any atom is -0.443 e. The molecule has 0 spiro atoms. The molecule has 0 unspecified atom stereocenters. The normalized spacial score (nSPS) is 10.5. The fourth-order valence-electron chi connectivity index (χ4n) is 1.63. The summed E-state index contributed by atoms with van der Waals surface area (Å²) < 4.78 is 5.10. The Bertz CT molecular complexity index is 670. The summed E-state index contributed by atoms with van der Waals surface area (Å²) in [5, 5.41) is 19.8. The molecule has 1 aromatic carbocycles. The highest BCUT2D eigenvalue weighted by Crippen LogP contribution is 2.26. The molecule has 0 atom stereocenters. The molecule has 0 heterocycles. The number of amides is 2. The number of ether oxygens (including phenoxy) is 1. The number of nitriles is 1. The Morgan fingerprint density at radius 2 is 1.95 bits per heavy atom. The van der Waals surface area contributed by atoms with Crippen molar-refractivity contribution in [2.24, 2.45) is 0 Å². The van der Waals surface area contributed by atoms with Gasteiger partial charge in [0.15, 0.2) is 0 Å². The van der Waals surface area contributed by atoms with Gasteiger partial charge in [0.1, 0.15) is 17.2 Å². The lowest BCUT2D eigenvalue weighted by Gasteiger charge is -2.25. The lowest BCUT2D eigenvalue weighted by atomic mass is 10.1. The first kappa shape index (κ1) is 17.1. The number of nitrogens with zero attached hydrogens (tertiary/aromatic N) is 3. The summed E-state index contributed by atoms with van der Waals surface area (Å²) in [4.78, 5) is 34.7. The fourth-order valence-corrected chi connectivity index (χ4v) is 1.63. The van der Waals surface area contributed by atoms with E-state index in [2.05, 4.69) is 0 Å². The number of hydrogen-bond donors (Lipinski definition) is 0. The van der Waals surface area contributed by atoms with Gasteiger partial charge in [-0.05, 0) is 32.9 Å². The molecule has 8 nitrogen and oxygen atoms in total. The third kappa shape index (κ3) is 4.02. The smallest absolute Gasteiger partial charge is 0.421 e. The molecule has 0 aromatic heterocycles. The third-order valence-electron chi connectivity index (χ3n) is 2.45. The average molecular weight is 305 g/mol. The van der Waals surface area contributed by atoms with Crippen molar-refractivity contribution in [2.45, 2.75) is 33.3 Å². The van der Waals surface area contributed by atoms with Crippen molar-refractivity contribution in [3.8, 4) is 6.07 Å². The lowest BCUT2D eigenvalue weighted by Crippen LogP contribution is -2.39. The van der Waals surface area contributed by atoms with Gasteiger partial charge in [0, 0.05) is 13.0 Å². The van der Waals surface area contributed by atoms with Crippen molar-refractivity contribution in [3.05, 3.63) is 33.9 Å². The van der Waals surface area contributed by atoms with Crippen LogP contribution in [-0.2, 0) is 9.53 Å². The molecule has 22 heavy (non-hydrogen) atoms. The predicted molar refractivity (Wildman–Crippen MR) is 77.2 cm³/mol. The number of carbonyl (C=O) groups excluding carboxylic acids is 2.